The molecule has 4 N–H and O–H groups in total. The molecule has 4 nitrogen and oxygen atoms in total. The summed E-state index contributed by atoms with van der Waals surface area (Å²) >= 11 is 0. The van der Waals surface area contributed by atoms with Gasteiger partial charge in [-0.05, 0) is 32.2 Å². The lowest BCUT2D eigenvalue weighted by atomic mass is 9.83. The van der Waals surface area contributed by atoms with Crippen LogP contribution in [0.4, 0.5) is 0 Å². The van der Waals surface area contributed by atoms with Crippen LogP contribution in [0.2, 0.25) is 0 Å². The second-order valence-electron chi connectivity index (χ2n) is 4.83. The molecule has 1 atom stereocenters. The molecule has 0 amide bonds. The Kier molecular flexibility index (Phi) is 9.74. The molecule has 0 rings (SSSR count). The van der Waals surface area contributed by atoms with Crippen molar-refractivity contribution >= 4 is 0 Å². The molecule has 0 radical (unpaired) electrons. The summed E-state index contributed by atoms with van der Waals surface area (Å²) in [5.74, 6) is 0. The van der Waals surface area contributed by atoms with Crippen LogP contribution in [0.1, 0.15) is 39.5 Å². The van der Waals surface area contributed by atoms with Gasteiger partial charge in [0.2, 0.25) is 0 Å². The van der Waals surface area contributed by atoms with Crippen LogP contribution in [0.5, 0.6) is 0 Å². The first-order valence-electron chi connectivity index (χ1n) is 6.71. The van der Waals surface area contributed by atoms with Crippen molar-refractivity contribution in [1.82, 2.24) is 5.32 Å². The van der Waals surface area contributed by atoms with Crippen LogP contribution in [-0.4, -0.2) is 44.6 Å². The van der Waals surface area contributed by atoms with Gasteiger partial charge in [0.1, 0.15) is 0 Å². The largest absolute Gasteiger partial charge is 0.396 e. The number of hydrogen-bond acceptors (Lipinski definition) is 4. The summed E-state index contributed by atoms with van der Waals surface area (Å²) in [4.78, 5) is 0. The number of aliphatic hydroxyl groups is 1. The van der Waals surface area contributed by atoms with Gasteiger partial charge in [0.15, 0.2) is 0 Å². The van der Waals surface area contributed by atoms with E-state index < -0.39 is 0 Å². The predicted octanol–water partition coefficient (Wildman–Crippen LogP) is 1.13. The Balaban J connectivity index is 4.15. The average molecular weight is 246 g/mol. The molecule has 0 aliphatic carbocycles. The van der Waals surface area contributed by atoms with Gasteiger partial charge in [-0.1, -0.05) is 13.8 Å². The van der Waals surface area contributed by atoms with Crippen LogP contribution in [-0.2, 0) is 4.74 Å². The topological polar surface area (TPSA) is 67.5 Å². The second-order valence-corrected chi connectivity index (χ2v) is 4.83. The monoisotopic (exact) mass is 246 g/mol. The molecule has 0 spiro atoms. The second kappa shape index (κ2) is 9.83. The molecule has 0 heterocycles. The number of methoxy groups -OCH3 is 1. The van der Waals surface area contributed by atoms with Crippen molar-refractivity contribution in [2.75, 3.05) is 33.4 Å². The summed E-state index contributed by atoms with van der Waals surface area (Å²) in [5.41, 5.74) is 5.53. The third-order valence-electron chi connectivity index (χ3n) is 3.73. The smallest absolute Gasteiger partial charge is 0.0615 e. The highest BCUT2D eigenvalue weighted by molar-refractivity contribution is 4.80. The fourth-order valence-electron chi connectivity index (χ4n) is 1.95. The van der Waals surface area contributed by atoms with Crippen LogP contribution >= 0.6 is 0 Å². The fourth-order valence-corrected chi connectivity index (χ4v) is 1.95. The molecular formula is C13H30N2O2. The lowest BCUT2D eigenvalue weighted by Gasteiger charge is -2.32. The van der Waals surface area contributed by atoms with Crippen molar-refractivity contribution in [1.29, 1.82) is 0 Å². The third kappa shape index (κ3) is 6.36. The molecule has 0 aromatic heterocycles. The van der Waals surface area contributed by atoms with Gasteiger partial charge in [-0.15, -0.1) is 0 Å². The van der Waals surface area contributed by atoms with Crippen LogP contribution < -0.4 is 11.1 Å². The van der Waals surface area contributed by atoms with Crippen molar-refractivity contribution < 1.29 is 9.84 Å². The Morgan fingerprint density at radius 2 is 2.00 bits per heavy atom. The molecule has 1 unspecified atom stereocenters. The van der Waals surface area contributed by atoms with E-state index >= 15 is 0 Å². The summed E-state index contributed by atoms with van der Waals surface area (Å²) < 4.78 is 5.20. The number of aliphatic hydroxyl groups excluding tert-OH is 1. The molecule has 0 fully saturated rings. The summed E-state index contributed by atoms with van der Waals surface area (Å²) in [6.45, 7) is 6.77. The lowest BCUT2D eigenvalue weighted by molar-refractivity contribution is 0.0977. The van der Waals surface area contributed by atoms with Crippen molar-refractivity contribution in [3.63, 3.8) is 0 Å². The number of nitrogens with two attached hydrogens (primary N) is 1. The third-order valence-corrected chi connectivity index (χ3v) is 3.73. The van der Waals surface area contributed by atoms with E-state index in [4.69, 9.17) is 10.5 Å². The molecule has 0 aliphatic heterocycles. The Labute approximate surface area is 106 Å². The maximum atomic E-state index is 9.50. The zero-order chi connectivity index (χ0) is 13.1. The van der Waals surface area contributed by atoms with Crippen molar-refractivity contribution in [2.24, 2.45) is 11.1 Å². The van der Waals surface area contributed by atoms with Crippen LogP contribution in [0.25, 0.3) is 0 Å². The van der Waals surface area contributed by atoms with E-state index in [2.05, 4.69) is 19.2 Å². The van der Waals surface area contributed by atoms with Gasteiger partial charge in [-0.25, -0.2) is 0 Å². The van der Waals surface area contributed by atoms with Gasteiger partial charge in [0.05, 0.1) is 6.61 Å². The van der Waals surface area contributed by atoms with Crippen molar-refractivity contribution in [3.8, 4) is 0 Å². The fraction of sp³-hybridized carbons (Fsp3) is 1.00. The molecule has 17 heavy (non-hydrogen) atoms. The Morgan fingerprint density at radius 1 is 1.35 bits per heavy atom. The van der Waals surface area contributed by atoms with Gasteiger partial charge in [-0.2, -0.15) is 0 Å². The average Bonchev–Trinajstić information content (AvgIpc) is 2.38. The maximum absolute atomic E-state index is 9.50. The highest BCUT2D eigenvalue weighted by atomic mass is 16.5. The van der Waals surface area contributed by atoms with Crippen molar-refractivity contribution in [2.45, 2.75) is 45.6 Å². The summed E-state index contributed by atoms with van der Waals surface area (Å²) in [6.07, 6.45) is 4.01. The van der Waals surface area contributed by atoms with Gasteiger partial charge < -0.3 is 20.9 Å². The van der Waals surface area contributed by atoms with E-state index in [1.54, 1.807) is 7.11 Å². The molecular weight excluding hydrogens is 216 g/mol. The van der Waals surface area contributed by atoms with Crippen LogP contribution in [0, 0.1) is 5.41 Å². The SMILES string of the molecule is CCC(CC)(CO)CNC(CCCN)COC. The molecule has 104 valence electrons. The van der Waals surface area contributed by atoms with E-state index in [1.165, 1.54) is 0 Å². The van der Waals surface area contributed by atoms with Crippen LogP contribution in [0.15, 0.2) is 0 Å². The van der Waals surface area contributed by atoms with E-state index in [0.717, 1.165) is 32.2 Å². The zero-order valence-electron chi connectivity index (χ0n) is 11.7. The molecule has 0 saturated heterocycles. The highest BCUT2D eigenvalue weighted by Gasteiger charge is 2.25. The minimum absolute atomic E-state index is 0.00864. The number of nitrogens with one attached hydrogen (secondary N) is 1. The lowest BCUT2D eigenvalue weighted by Crippen LogP contribution is -2.43. The van der Waals surface area contributed by atoms with E-state index in [1.807, 2.05) is 0 Å². The summed E-state index contributed by atoms with van der Waals surface area (Å²) in [6, 6.07) is 0.340. The van der Waals surface area contributed by atoms with Gasteiger partial charge in [0, 0.05) is 31.7 Å². The first-order chi connectivity index (χ1) is 8.17. The van der Waals surface area contributed by atoms with Gasteiger partial charge >= 0.3 is 0 Å². The predicted molar refractivity (Wildman–Crippen MR) is 72.1 cm³/mol. The number of hydrogen-bond donors (Lipinski definition) is 3. The Morgan fingerprint density at radius 3 is 2.41 bits per heavy atom. The standard InChI is InChI=1S/C13H30N2O2/c1-4-13(5-2,11-16)10-15-12(9-17-3)7-6-8-14/h12,15-16H,4-11,14H2,1-3H3. The quantitative estimate of drug-likeness (QED) is 0.511. The first-order valence-corrected chi connectivity index (χ1v) is 6.71. The molecule has 0 aromatic carbocycles. The number of ether oxygens (including phenoxy) is 1. The molecule has 0 aromatic rings. The molecule has 4 heteroatoms. The zero-order valence-corrected chi connectivity index (χ0v) is 11.7. The van der Waals surface area contributed by atoms with E-state index in [9.17, 15) is 5.11 Å². The Bertz CT molecular complexity index is 165. The molecule has 0 bridgehead atoms. The Hall–Kier alpha value is -0.160. The summed E-state index contributed by atoms with van der Waals surface area (Å²) in [7, 11) is 1.72. The highest BCUT2D eigenvalue weighted by Crippen LogP contribution is 2.24. The molecule has 0 saturated carbocycles. The summed E-state index contributed by atoms with van der Waals surface area (Å²) in [5, 5.41) is 13.0. The first kappa shape index (κ1) is 16.8. The van der Waals surface area contributed by atoms with Gasteiger partial charge in [0.25, 0.3) is 0 Å². The van der Waals surface area contributed by atoms with Crippen molar-refractivity contribution in [3.05, 3.63) is 0 Å². The van der Waals surface area contributed by atoms with E-state index in [0.29, 0.717) is 19.2 Å². The normalized spacial score (nSPS) is 13.9. The molecule has 0 aliphatic rings. The minimum Gasteiger partial charge on any atom is -0.396 e. The minimum atomic E-state index is 0.00864. The van der Waals surface area contributed by atoms with Crippen LogP contribution in [0.3, 0.4) is 0 Å². The maximum Gasteiger partial charge on any atom is 0.0615 e. The van der Waals surface area contributed by atoms with E-state index in [-0.39, 0.29) is 12.0 Å². The van der Waals surface area contributed by atoms with Gasteiger partial charge in [-0.3, -0.25) is 0 Å². The number of rotatable bonds is 11.